The van der Waals surface area contributed by atoms with Gasteiger partial charge in [0.25, 0.3) is 0 Å². The average Bonchev–Trinajstić information content (AvgIpc) is 2.84. The van der Waals surface area contributed by atoms with Crippen LogP contribution in [0.25, 0.3) is 22.3 Å². The van der Waals surface area contributed by atoms with Crippen molar-refractivity contribution >= 4 is 5.97 Å². The molecule has 162 valence electrons. The summed E-state index contributed by atoms with van der Waals surface area (Å²) in [4.78, 5) is 16.0. The lowest BCUT2D eigenvalue weighted by atomic mass is 9.88. The molecule has 0 N–H and O–H groups in total. The molecule has 0 bridgehead atoms. The van der Waals surface area contributed by atoms with Crippen LogP contribution in [-0.2, 0) is 11.2 Å². The van der Waals surface area contributed by atoms with E-state index in [4.69, 9.17) is 10.00 Å². The zero-order valence-electron chi connectivity index (χ0n) is 17.5. The van der Waals surface area contributed by atoms with Gasteiger partial charge in [-0.3, -0.25) is 0 Å². The molecule has 0 radical (unpaired) electrons. The summed E-state index contributed by atoms with van der Waals surface area (Å²) in [6.07, 6.45) is 1.91. The third kappa shape index (κ3) is 4.78. The number of rotatable bonds is 6. The molecule has 4 aromatic rings. The Kier molecular flexibility index (Phi) is 6.51. The fraction of sp³-hybridized carbons (Fsp3) is 0.0741. The quantitative estimate of drug-likeness (QED) is 0.347. The lowest BCUT2D eigenvalue weighted by molar-refractivity contribution is 0.0548. The highest BCUT2D eigenvalue weighted by Crippen LogP contribution is 2.38. The number of hydrogen-bond donors (Lipinski definition) is 0. The Morgan fingerprint density at radius 2 is 1.52 bits per heavy atom. The Morgan fingerprint density at radius 1 is 0.848 bits per heavy atom. The highest BCUT2D eigenvalue weighted by Gasteiger charge is 2.18. The number of esters is 1. The van der Waals surface area contributed by atoms with E-state index < -0.39 is 17.6 Å². The van der Waals surface area contributed by atoms with Crippen LogP contribution in [0.4, 0.5) is 8.78 Å². The molecule has 0 spiro atoms. The van der Waals surface area contributed by atoms with E-state index in [0.29, 0.717) is 28.7 Å². The minimum atomic E-state index is -0.684. The van der Waals surface area contributed by atoms with Gasteiger partial charge >= 0.3 is 5.97 Å². The van der Waals surface area contributed by atoms with Crippen molar-refractivity contribution in [2.24, 2.45) is 0 Å². The smallest absolute Gasteiger partial charge is 0.357 e. The molecule has 0 fully saturated rings. The molecule has 0 aliphatic rings. The summed E-state index contributed by atoms with van der Waals surface area (Å²) in [6, 6.07) is 23.2. The Hall–Kier alpha value is -4.37. The average molecular weight is 440 g/mol. The van der Waals surface area contributed by atoms with Crippen LogP contribution in [0.1, 0.15) is 21.6 Å². The third-order valence-electron chi connectivity index (χ3n) is 5.15. The molecule has 0 unspecified atom stereocenters. The number of nitriles is 1. The summed E-state index contributed by atoms with van der Waals surface area (Å²) in [7, 11) is 0. The molecule has 0 atom stereocenters. The van der Waals surface area contributed by atoms with Gasteiger partial charge in [0.05, 0.1) is 0 Å². The second-order valence-corrected chi connectivity index (χ2v) is 7.26. The Morgan fingerprint density at radius 3 is 2.15 bits per heavy atom. The lowest BCUT2D eigenvalue weighted by Gasteiger charge is -2.17. The summed E-state index contributed by atoms with van der Waals surface area (Å²) in [5.41, 5.74) is 3.57. The monoisotopic (exact) mass is 440 g/mol. The molecule has 0 aliphatic heterocycles. The van der Waals surface area contributed by atoms with Crippen molar-refractivity contribution in [2.75, 3.05) is 6.61 Å². The third-order valence-corrected chi connectivity index (χ3v) is 5.15. The number of hydrogen-bond acceptors (Lipinski definition) is 4. The van der Waals surface area contributed by atoms with Crippen molar-refractivity contribution in [1.29, 1.82) is 5.26 Å². The van der Waals surface area contributed by atoms with Crippen LogP contribution >= 0.6 is 0 Å². The van der Waals surface area contributed by atoms with E-state index in [1.807, 2.05) is 12.1 Å². The van der Waals surface area contributed by atoms with E-state index in [1.165, 1.54) is 24.4 Å². The predicted molar refractivity (Wildman–Crippen MR) is 120 cm³/mol. The number of benzene rings is 3. The van der Waals surface area contributed by atoms with Gasteiger partial charge in [0.15, 0.2) is 6.61 Å². The van der Waals surface area contributed by atoms with Crippen molar-refractivity contribution < 1.29 is 18.3 Å². The van der Waals surface area contributed by atoms with E-state index in [-0.39, 0.29) is 12.3 Å². The van der Waals surface area contributed by atoms with Crippen LogP contribution in [0, 0.1) is 23.0 Å². The summed E-state index contributed by atoms with van der Waals surface area (Å²) >= 11 is 0. The first kappa shape index (κ1) is 21.8. The van der Waals surface area contributed by atoms with Gasteiger partial charge in [-0.1, -0.05) is 60.7 Å². The van der Waals surface area contributed by atoms with E-state index in [2.05, 4.69) is 4.98 Å². The first-order valence-corrected chi connectivity index (χ1v) is 10.2. The molecule has 0 saturated carbocycles. The molecular weight excluding hydrogens is 422 g/mol. The van der Waals surface area contributed by atoms with Crippen LogP contribution in [0.5, 0.6) is 0 Å². The lowest BCUT2D eigenvalue weighted by Crippen LogP contribution is -2.07. The van der Waals surface area contributed by atoms with Crippen LogP contribution in [-0.4, -0.2) is 17.6 Å². The summed E-state index contributed by atoms with van der Waals surface area (Å²) in [5.74, 6) is -1.48. The molecule has 1 aromatic heterocycles. The van der Waals surface area contributed by atoms with E-state index in [1.54, 1.807) is 54.6 Å². The normalized spacial score (nSPS) is 10.5. The summed E-state index contributed by atoms with van der Waals surface area (Å²) < 4.78 is 34.3. The fourth-order valence-corrected chi connectivity index (χ4v) is 3.68. The molecule has 4 rings (SSSR count). The SMILES string of the molecule is N#CCOC(=O)c1ccc(Cc2cccc(-c3ccccc3F)c2-c2ccccc2F)cn1. The van der Waals surface area contributed by atoms with Gasteiger partial charge in [-0.15, -0.1) is 0 Å². The van der Waals surface area contributed by atoms with Gasteiger partial charge in [-0.05, 0) is 46.9 Å². The van der Waals surface area contributed by atoms with Crippen molar-refractivity contribution in [1.82, 2.24) is 4.98 Å². The number of halogens is 2. The van der Waals surface area contributed by atoms with E-state index in [0.717, 1.165) is 11.1 Å². The maximum Gasteiger partial charge on any atom is 0.357 e. The Labute approximate surface area is 189 Å². The van der Waals surface area contributed by atoms with Crippen molar-refractivity contribution in [3.63, 3.8) is 0 Å². The topological polar surface area (TPSA) is 63.0 Å². The van der Waals surface area contributed by atoms with Gasteiger partial charge in [0.2, 0.25) is 0 Å². The molecule has 0 aliphatic carbocycles. The van der Waals surface area contributed by atoms with Crippen molar-refractivity contribution in [2.45, 2.75) is 6.42 Å². The predicted octanol–water partition coefficient (Wildman–Crippen LogP) is 5.96. The maximum atomic E-state index is 14.9. The van der Waals surface area contributed by atoms with Crippen LogP contribution in [0.15, 0.2) is 85.1 Å². The number of nitrogens with zero attached hydrogens (tertiary/aromatic N) is 2. The second kappa shape index (κ2) is 9.84. The molecule has 4 nitrogen and oxygen atoms in total. The first-order valence-electron chi connectivity index (χ1n) is 10.2. The van der Waals surface area contributed by atoms with Crippen LogP contribution in [0.2, 0.25) is 0 Å². The molecule has 3 aromatic carbocycles. The summed E-state index contributed by atoms with van der Waals surface area (Å²) in [6.45, 7) is -0.350. The second-order valence-electron chi connectivity index (χ2n) is 7.26. The molecule has 6 heteroatoms. The molecule has 0 amide bonds. The zero-order chi connectivity index (χ0) is 23.2. The summed E-state index contributed by atoms with van der Waals surface area (Å²) in [5, 5.41) is 8.53. The standard InChI is InChI=1S/C27H18F2N2O2/c28-23-10-3-1-7-20(23)21-9-5-6-19(26(21)22-8-2-4-11-24(22)29)16-18-12-13-25(31-17-18)27(32)33-15-14-30/h1-13,17H,15-16H2. The van der Waals surface area contributed by atoms with Gasteiger partial charge < -0.3 is 4.74 Å². The van der Waals surface area contributed by atoms with Crippen LogP contribution < -0.4 is 0 Å². The van der Waals surface area contributed by atoms with E-state index >= 15 is 0 Å². The highest BCUT2D eigenvalue weighted by atomic mass is 19.1. The van der Waals surface area contributed by atoms with E-state index in [9.17, 15) is 13.6 Å². The number of pyridine rings is 1. The minimum Gasteiger partial charge on any atom is -0.446 e. The Bertz CT molecular complexity index is 1350. The minimum absolute atomic E-state index is 0.0865. The number of ether oxygens (including phenoxy) is 1. The van der Waals surface area contributed by atoms with Gasteiger partial charge in [0.1, 0.15) is 23.4 Å². The highest BCUT2D eigenvalue weighted by molar-refractivity contribution is 5.88. The molecule has 1 heterocycles. The molecule has 0 saturated heterocycles. The van der Waals surface area contributed by atoms with Gasteiger partial charge in [-0.2, -0.15) is 5.26 Å². The largest absolute Gasteiger partial charge is 0.446 e. The fourth-order valence-electron chi connectivity index (χ4n) is 3.68. The van der Waals surface area contributed by atoms with Crippen molar-refractivity contribution in [3.05, 3.63) is 114 Å². The maximum absolute atomic E-state index is 14.9. The van der Waals surface area contributed by atoms with Crippen molar-refractivity contribution in [3.8, 4) is 28.3 Å². The molecule has 33 heavy (non-hydrogen) atoms. The number of carbonyl (C=O) groups is 1. The number of carbonyl (C=O) groups excluding carboxylic acids is 1. The van der Waals surface area contributed by atoms with Crippen LogP contribution in [0.3, 0.4) is 0 Å². The first-order chi connectivity index (χ1) is 16.1. The molecular formula is C27H18F2N2O2. The van der Waals surface area contributed by atoms with Gasteiger partial charge in [0, 0.05) is 17.3 Å². The number of aromatic nitrogens is 1. The zero-order valence-corrected chi connectivity index (χ0v) is 17.5. The Balaban J connectivity index is 1.77. The van der Waals surface area contributed by atoms with Gasteiger partial charge in [-0.25, -0.2) is 18.6 Å².